The molecule has 6 heteroatoms. The fraction of sp³-hybridized carbons (Fsp3) is 0.167. The molecule has 0 aliphatic heterocycles. The quantitative estimate of drug-likeness (QED) is 0.805. The summed E-state index contributed by atoms with van der Waals surface area (Å²) in [5.41, 5.74) is 2.36. The fourth-order valence-corrected chi connectivity index (χ4v) is 2.12. The van der Waals surface area contributed by atoms with Gasteiger partial charge in [0.05, 0.1) is 24.0 Å². The van der Waals surface area contributed by atoms with E-state index < -0.39 is 0 Å². The number of ether oxygens (including phenoxy) is 1. The first kappa shape index (κ1) is 11.3. The molecule has 0 aliphatic rings. The Morgan fingerprint density at radius 1 is 1.33 bits per heavy atom. The minimum Gasteiger partial charge on any atom is -0.478 e. The van der Waals surface area contributed by atoms with Gasteiger partial charge in [0.2, 0.25) is 5.88 Å². The zero-order valence-corrected chi connectivity index (χ0v) is 11.2. The summed E-state index contributed by atoms with van der Waals surface area (Å²) in [4.78, 5) is 11.9. The molecule has 3 aromatic rings. The molecule has 5 nitrogen and oxygen atoms in total. The molecule has 0 atom stereocenters. The number of nitrogens with one attached hydrogen (secondary N) is 1. The lowest BCUT2D eigenvalue weighted by Crippen LogP contribution is -1.93. The van der Waals surface area contributed by atoms with E-state index in [0.29, 0.717) is 28.6 Å². The number of hydrogen-bond acceptors (Lipinski definition) is 4. The molecule has 18 heavy (non-hydrogen) atoms. The van der Waals surface area contributed by atoms with E-state index in [1.54, 1.807) is 6.26 Å². The van der Waals surface area contributed by atoms with Crippen molar-refractivity contribution in [3.8, 4) is 17.3 Å². The maximum Gasteiger partial charge on any atom is 0.215 e. The predicted octanol–water partition coefficient (Wildman–Crippen LogP) is 3.38. The normalized spacial score (nSPS) is 11.0. The Labute approximate surface area is 111 Å². The largest absolute Gasteiger partial charge is 0.478 e. The molecular weight excluding hydrogens is 298 g/mol. The monoisotopic (exact) mass is 307 g/mol. The summed E-state index contributed by atoms with van der Waals surface area (Å²) in [6, 6.07) is 5.56. The molecule has 0 radical (unpaired) electrons. The summed E-state index contributed by atoms with van der Waals surface area (Å²) in [7, 11) is 0. The van der Waals surface area contributed by atoms with Crippen LogP contribution in [0, 0.1) is 0 Å². The summed E-state index contributed by atoms with van der Waals surface area (Å²) in [5, 5.41) is 0. The number of furan rings is 1. The van der Waals surface area contributed by atoms with Gasteiger partial charge in [-0.05, 0) is 35.0 Å². The zero-order valence-electron chi connectivity index (χ0n) is 9.61. The van der Waals surface area contributed by atoms with Gasteiger partial charge in [-0.25, -0.2) is 4.98 Å². The summed E-state index contributed by atoms with van der Waals surface area (Å²) in [6.07, 6.45) is 1.60. The van der Waals surface area contributed by atoms with E-state index >= 15 is 0 Å². The molecule has 0 aliphatic carbocycles. The summed E-state index contributed by atoms with van der Waals surface area (Å²) >= 11 is 3.33. The minimum atomic E-state index is 0.578. The zero-order chi connectivity index (χ0) is 12.5. The Bertz CT molecular complexity index is 690. The number of aromatic amines is 1. The summed E-state index contributed by atoms with van der Waals surface area (Å²) in [6.45, 7) is 2.51. The van der Waals surface area contributed by atoms with E-state index in [1.165, 1.54) is 0 Å². The first-order chi connectivity index (χ1) is 8.78. The van der Waals surface area contributed by atoms with Crippen LogP contribution in [0.15, 0.2) is 33.5 Å². The highest BCUT2D eigenvalue weighted by molar-refractivity contribution is 9.10. The van der Waals surface area contributed by atoms with Crippen LogP contribution in [0.1, 0.15) is 6.92 Å². The molecule has 92 valence electrons. The highest BCUT2D eigenvalue weighted by Crippen LogP contribution is 2.28. The van der Waals surface area contributed by atoms with Gasteiger partial charge in [-0.1, -0.05) is 0 Å². The van der Waals surface area contributed by atoms with Crippen LogP contribution in [0.5, 0.6) is 5.88 Å². The second-order valence-electron chi connectivity index (χ2n) is 3.65. The van der Waals surface area contributed by atoms with Crippen LogP contribution in [-0.4, -0.2) is 21.6 Å². The van der Waals surface area contributed by atoms with Crippen molar-refractivity contribution in [2.24, 2.45) is 0 Å². The Kier molecular flexibility index (Phi) is 2.79. The van der Waals surface area contributed by atoms with E-state index in [2.05, 4.69) is 30.9 Å². The van der Waals surface area contributed by atoms with Crippen LogP contribution in [0.2, 0.25) is 0 Å². The Morgan fingerprint density at radius 3 is 2.94 bits per heavy atom. The third kappa shape index (κ3) is 1.88. The van der Waals surface area contributed by atoms with E-state index in [1.807, 2.05) is 25.1 Å². The van der Waals surface area contributed by atoms with Crippen LogP contribution in [0.25, 0.3) is 22.6 Å². The molecule has 3 aromatic heterocycles. The molecule has 0 fully saturated rings. The predicted molar refractivity (Wildman–Crippen MR) is 70.5 cm³/mol. The van der Waals surface area contributed by atoms with Gasteiger partial charge >= 0.3 is 0 Å². The van der Waals surface area contributed by atoms with Crippen LogP contribution in [0.4, 0.5) is 0 Å². The number of H-pyrrole nitrogens is 1. The number of aromatic nitrogens is 3. The molecule has 0 amide bonds. The molecule has 0 spiro atoms. The van der Waals surface area contributed by atoms with E-state index in [-0.39, 0.29) is 0 Å². The van der Waals surface area contributed by atoms with Gasteiger partial charge in [-0.3, -0.25) is 0 Å². The fourth-order valence-electron chi connectivity index (χ4n) is 1.69. The first-order valence-corrected chi connectivity index (χ1v) is 6.30. The van der Waals surface area contributed by atoms with E-state index in [0.717, 1.165) is 11.1 Å². The molecule has 0 saturated carbocycles. The highest BCUT2D eigenvalue weighted by atomic mass is 79.9. The van der Waals surface area contributed by atoms with Crippen molar-refractivity contribution >= 4 is 27.1 Å². The molecule has 3 heterocycles. The second-order valence-corrected chi connectivity index (χ2v) is 4.37. The summed E-state index contributed by atoms with van der Waals surface area (Å²) < 4.78 is 11.2. The number of rotatable bonds is 3. The topological polar surface area (TPSA) is 63.9 Å². The lowest BCUT2D eigenvalue weighted by molar-refractivity contribution is 0.328. The molecular formula is C12H10BrN3O2. The smallest absolute Gasteiger partial charge is 0.215 e. The minimum absolute atomic E-state index is 0.578. The number of halogens is 1. The van der Waals surface area contributed by atoms with Gasteiger partial charge in [0, 0.05) is 6.07 Å². The molecule has 1 N–H and O–H groups in total. The SMILES string of the molecule is CCOc1ccc2[nH]c(-c3ccoc3Br)nc2n1. The molecule has 0 aromatic carbocycles. The van der Waals surface area contributed by atoms with E-state index in [9.17, 15) is 0 Å². The molecule has 0 saturated heterocycles. The standard InChI is InChI=1S/C12H10BrN3O2/c1-2-17-9-4-3-8-12(15-9)16-11(14-8)7-5-6-18-10(7)13/h3-6H,2H2,1H3,(H,14,15,16). The lowest BCUT2D eigenvalue weighted by atomic mass is 10.3. The maximum absolute atomic E-state index is 5.34. The Morgan fingerprint density at radius 2 is 2.22 bits per heavy atom. The number of nitrogens with zero attached hydrogens (tertiary/aromatic N) is 2. The Balaban J connectivity index is 2.08. The van der Waals surface area contributed by atoms with Crippen molar-refractivity contribution in [2.45, 2.75) is 6.92 Å². The Hall–Kier alpha value is -1.82. The maximum atomic E-state index is 5.34. The van der Waals surface area contributed by atoms with Gasteiger partial charge in [0.15, 0.2) is 10.3 Å². The molecule has 0 bridgehead atoms. The third-order valence-corrected chi connectivity index (χ3v) is 3.10. The number of hydrogen-bond donors (Lipinski definition) is 1. The van der Waals surface area contributed by atoms with Gasteiger partial charge < -0.3 is 14.1 Å². The van der Waals surface area contributed by atoms with Gasteiger partial charge in [0.1, 0.15) is 5.82 Å². The molecule has 3 rings (SSSR count). The molecule has 0 unspecified atom stereocenters. The van der Waals surface area contributed by atoms with Crippen molar-refractivity contribution < 1.29 is 9.15 Å². The van der Waals surface area contributed by atoms with Crippen LogP contribution < -0.4 is 4.74 Å². The van der Waals surface area contributed by atoms with Gasteiger partial charge in [-0.2, -0.15) is 4.98 Å². The lowest BCUT2D eigenvalue weighted by Gasteiger charge is -1.99. The average molecular weight is 308 g/mol. The van der Waals surface area contributed by atoms with Crippen molar-refractivity contribution in [1.82, 2.24) is 15.0 Å². The first-order valence-electron chi connectivity index (χ1n) is 5.51. The number of fused-ring (bicyclic) bond motifs is 1. The second kappa shape index (κ2) is 4.45. The van der Waals surface area contributed by atoms with Gasteiger partial charge in [0.25, 0.3) is 0 Å². The highest BCUT2D eigenvalue weighted by Gasteiger charge is 2.12. The van der Waals surface area contributed by atoms with E-state index in [4.69, 9.17) is 9.15 Å². The van der Waals surface area contributed by atoms with Crippen LogP contribution in [-0.2, 0) is 0 Å². The van der Waals surface area contributed by atoms with Crippen molar-refractivity contribution in [3.63, 3.8) is 0 Å². The van der Waals surface area contributed by atoms with Crippen molar-refractivity contribution in [3.05, 3.63) is 29.1 Å². The van der Waals surface area contributed by atoms with Crippen LogP contribution >= 0.6 is 15.9 Å². The van der Waals surface area contributed by atoms with Crippen molar-refractivity contribution in [1.29, 1.82) is 0 Å². The number of pyridine rings is 1. The van der Waals surface area contributed by atoms with Gasteiger partial charge in [-0.15, -0.1) is 0 Å². The third-order valence-electron chi connectivity index (χ3n) is 2.49. The van der Waals surface area contributed by atoms with Crippen LogP contribution in [0.3, 0.4) is 0 Å². The summed E-state index contributed by atoms with van der Waals surface area (Å²) in [5.74, 6) is 1.29. The number of imidazole rings is 1. The van der Waals surface area contributed by atoms with Crippen molar-refractivity contribution in [2.75, 3.05) is 6.61 Å². The average Bonchev–Trinajstić information content (AvgIpc) is 2.94.